The molecular formula is C23H22INO4. The van der Waals surface area contributed by atoms with Crippen molar-refractivity contribution >= 4 is 34.2 Å². The van der Waals surface area contributed by atoms with Crippen LogP contribution in [0.2, 0.25) is 0 Å². The van der Waals surface area contributed by atoms with E-state index in [4.69, 9.17) is 14.2 Å². The van der Waals surface area contributed by atoms with Crippen LogP contribution in [0.3, 0.4) is 0 Å². The molecule has 29 heavy (non-hydrogen) atoms. The number of anilines is 1. The second-order valence-corrected chi connectivity index (χ2v) is 7.43. The van der Waals surface area contributed by atoms with E-state index >= 15 is 0 Å². The lowest BCUT2D eigenvalue weighted by Crippen LogP contribution is -2.13. The van der Waals surface area contributed by atoms with Gasteiger partial charge in [-0.2, -0.15) is 0 Å². The molecule has 0 radical (unpaired) electrons. The van der Waals surface area contributed by atoms with E-state index in [0.717, 1.165) is 14.9 Å². The Morgan fingerprint density at radius 3 is 2.41 bits per heavy atom. The van der Waals surface area contributed by atoms with Gasteiger partial charge in [0.2, 0.25) is 0 Å². The molecule has 0 heterocycles. The summed E-state index contributed by atoms with van der Waals surface area (Å²) in [5.74, 6) is 2.46. The number of carbonyl (C=O) groups is 1. The van der Waals surface area contributed by atoms with Crippen LogP contribution >= 0.6 is 22.6 Å². The van der Waals surface area contributed by atoms with Crippen molar-refractivity contribution in [3.05, 3.63) is 75.4 Å². The van der Waals surface area contributed by atoms with Gasteiger partial charge in [-0.05, 0) is 84.5 Å². The van der Waals surface area contributed by atoms with Gasteiger partial charge in [-0.1, -0.05) is 18.2 Å². The largest absolute Gasteiger partial charge is 0.492 e. The molecule has 0 atom stereocenters. The first-order chi connectivity index (χ1) is 14.0. The van der Waals surface area contributed by atoms with Crippen LogP contribution in [0.4, 0.5) is 5.69 Å². The maximum Gasteiger partial charge on any atom is 0.255 e. The number of para-hydroxylation sites is 1. The van der Waals surface area contributed by atoms with E-state index < -0.39 is 0 Å². The topological polar surface area (TPSA) is 56.8 Å². The smallest absolute Gasteiger partial charge is 0.255 e. The molecule has 0 aliphatic carbocycles. The summed E-state index contributed by atoms with van der Waals surface area (Å²) < 4.78 is 17.7. The lowest BCUT2D eigenvalue weighted by atomic mass is 10.1. The Labute approximate surface area is 184 Å². The fourth-order valence-corrected chi connectivity index (χ4v) is 3.59. The normalized spacial score (nSPS) is 10.3. The molecule has 0 unspecified atom stereocenters. The molecule has 0 aromatic heterocycles. The molecule has 6 heteroatoms. The molecular weight excluding hydrogens is 481 g/mol. The van der Waals surface area contributed by atoms with Gasteiger partial charge in [-0.15, -0.1) is 0 Å². The summed E-state index contributed by atoms with van der Waals surface area (Å²) in [6.07, 6.45) is 0. The molecule has 3 rings (SSSR count). The highest BCUT2D eigenvalue weighted by Gasteiger charge is 2.15. The van der Waals surface area contributed by atoms with Gasteiger partial charge < -0.3 is 19.5 Å². The van der Waals surface area contributed by atoms with E-state index in [2.05, 4.69) is 27.9 Å². The van der Waals surface area contributed by atoms with Crippen molar-refractivity contribution in [3.8, 4) is 23.0 Å². The fraction of sp³-hybridized carbons (Fsp3) is 0.174. The molecule has 150 valence electrons. The highest BCUT2D eigenvalue weighted by molar-refractivity contribution is 14.1. The molecule has 0 saturated carbocycles. The fourth-order valence-electron chi connectivity index (χ4n) is 2.77. The summed E-state index contributed by atoms with van der Waals surface area (Å²) in [5, 5.41) is 2.90. The van der Waals surface area contributed by atoms with E-state index in [9.17, 15) is 4.79 Å². The molecule has 0 bridgehead atoms. The summed E-state index contributed by atoms with van der Waals surface area (Å²) in [4.78, 5) is 12.7. The summed E-state index contributed by atoms with van der Waals surface area (Å²) in [6.45, 7) is 4.37. The Hall–Kier alpha value is -2.74. The Balaban J connectivity index is 1.73. The van der Waals surface area contributed by atoms with Crippen molar-refractivity contribution in [2.24, 2.45) is 0 Å². The molecule has 0 spiro atoms. The second kappa shape index (κ2) is 9.65. The number of benzene rings is 3. The van der Waals surface area contributed by atoms with E-state index in [1.165, 1.54) is 0 Å². The van der Waals surface area contributed by atoms with Crippen LogP contribution in [-0.2, 0) is 0 Å². The number of aryl methyl sites for hydroxylation is 1. The van der Waals surface area contributed by atoms with Crippen molar-refractivity contribution in [1.29, 1.82) is 0 Å². The lowest BCUT2D eigenvalue weighted by molar-refractivity contribution is 0.102. The maximum absolute atomic E-state index is 12.7. The van der Waals surface area contributed by atoms with Crippen molar-refractivity contribution in [1.82, 2.24) is 0 Å². The quantitative estimate of drug-likeness (QED) is 0.399. The first-order valence-corrected chi connectivity index (χ1v) is 10.2. The third-order valence-electron chi connectivity index (χ3n) is 4.21. The zero-order valence-electron chi connectivity index (χ0n) is 16.5. The van der Waals surface area contributed by atoms with Gasteiger partial charge in [0.1, 0.15) is 11.5 Å². The Morgan fingerprint density at radius 1 is 1.03 bits per heavy atom. The van der Waals surface area contributed by atoms with Crippen LogP contribution in [0.15, 0.2) is 60.7 Å². The predicted octanol–water partition coefficient (Wildman–Crippen LogP) is 6.05. The maximum atomic E-state index is 12.7. The number of halogens is 1. The third-order valence-corrected chi connectivity index (χ3v) is 5.01. The van der Waals surface area contributed by atoms with Crippen LogP contribution < -0.4 is 19.5 Å². The van der Waals surface area contributed by atoms with Gasteiger partial charge in [-0.3, -0.25) is 4.79 Å². The number of hydrogen-bond donors (Lipinski definition) is 1. The monoisotopic (exact) mass is 503 g/mol. The zero-order valence-corrected chi connectivity index (χ0v) is 18.6. The molecule has 0 aliphatic heterocycles. The van der Waals surface area contributed by atoms with Crippen molar-refractivity contribution < 1.29 is 19.0 Å². The molecule has 0 aliphatic rings. The summed E-state index contributed by atoms with van der Waals surface area (Å²) in [5.41, 5.74) is 2.24. The minimum Gasteiger partial charge on any atom is -0.492 e. The minimum absolute atomic E-state index is 0.223. The number of hydrogen-bond acceptors (Lipinski definition) is 4. The van der Waals surface area contributed by atoms with Crippen molar-refractivity contribution in [2.45, 2.75) is 13.8 Å². The van der Waals surface area contributed by atoms with Crippen molar-refractivity contribution in [2.75, 3.05) is 19.0 Å². The van der Waals surface area contributed by atoms with Gasteiger partial charge in [0.25, 0.3) is 5.91 Å². The number of amides is 1. The van der Waals surface area contributed by atoms with Gasteiger partial charge >= 0.3 is 0 Å². The molecule has 3 aromatic carbocycles. The van der Waals surface area contributed by atoms with Gasteiger partial charge in [0, 0.05) is 11.3 Å². The van der Waals surface area contributed by atoms with E-state index in [-0.39, 0.29) is 5.91 Å². The molecule has 0 saturated heterocycles. The zero-order chi connectivity index (χ0) is 20.8. The van der Waals surface area contributed by atoms with Crippen LogP contribution in [0.25, 0.3) is 0 Å². The van der Waals surface area contributed by atoms with Crippen molar-refractivity contribution in [3.63, 3.8) is 0 Å². The average molecular weight is 503 g/mol. The van der Waals surface area contributed by atoms with Crippen LogP contribution in [0.5, 0.6) is 23.0 Å². The van der Waals surface area contributed by atoms with Crippen LogP contribution in [0.1, 0.15) is 22.8 Å². The van der Waals surface area contributed by atoms with Gasteiger partial charge in [0.05, 0.1) is 17.3 Å². The Bertz CT molecular complexity index is 1000. The molecule has 3 aromatic rings. The Kier molecular flexibility index (Phi) is 6.98. The van der Waals surface area contributed by atoms with Gasteiger partial charge in [0.15, 0.2) is 11.5 Å². The molecule has 1 amide bonds. The lowest BCUT2D eigenvalue weighted by Gasteiger charge is -2.13. The number of rotatable bonds is 7. The molecule has 5 nitrogen and oxygen atoms in total. The third kappa shape index (κ3) is 5.20. The minimum atomic E-state index is -0.223. The standard InChI is InChI=1S/C23H22INO4/c1-4-28-21-14-16(13-19(24)22(21)27-3)23(26)25-17-9-11-18(12-10-17)29-20-8-6-5-7-15(20)2/h5-14H,4H2,1-3H3,(H,25,26). The highest BCUT2D eigenvalue weighted by atomic mass is 127. The Morgan fingerprint density at radius 2 is 1.76 bits per heavy atom. The second-order valence-electron chi connectivity index (χ2n) is 6.27. The van der Waals surface area contributed by atoms with Crippen LogP contribution in [-0.4, -0.2) is 19.6 Å². The van der Waals surface area contributed by atoms with E-state index in [1.807, 2.05) is 62.4 Å². The predicted molar refractivity (Wildman–Crippen MR) is 123 cm³/mol. The first kappa shape index (κ1) is 21.0. The number of ether oxygens (including phenoxy) is 3. The number of methoxy groups -OCH3 is 1. The first-order valence-electron chi connectivity index (χ1n) is 9.17. The van der Waals surface area contributed by atoms with E-state index in [0.29, 0.717) is 35.1 Å². The highest BCUT2D eigenvalue weighted by Crippen LogP contribution is 2.34. The van der Waals surface area contributed by atoms with Crippen LogP contribution in [0, 0.1) is 10.5 Å². The summed E-state index contributed by atoms with van der Waals surface area (Å²) >= 11 is 2.13. The number of nitrogens with one attached hydrogen (secondary N) is 1. The van der Waals surface area contributed by atoms with Gasteiger partial charge in [-0.25, -0.2) is 0 Å². The molecule has 0 fully saturated rings. The summed E-state index contributed by atoms with van der Waals surface area (Å²) in [7, 11) is 1.58. The average Bonchev–Trinajstić information content (AvgIpc) is 2.71. The number of carbonyl (C=O) groups excluding carboxylic acids is 1. The van der Waals surface area contributed by atoms with E-state index in [1.54, 1.807) is 19.2 Å². The summed E-state index contributed by atoms with van der Waals surface area (Å²) in [6, 6.07) is 18.6. The molecule has 1 N–H and O–H groups in total. The SMILES string of the molecule is CCOc1cc(C(=O)Nc2ccc(Oc3ccccc3C)cc2)cc(I)c1OC.